The Bertz CT molecular complexity index is 250. The summed E-state index contributed by atoms with van der Waals surface area (Å²) >= 11 is 0. The maximum atomic E-state index is 11.4. The topological polar surface area (TPSA) is 86.6 Å². The average Bonchev–Trinajstić information content (AvgIpc) is 2.22. The third kappa shape index (κ3) is 5.70. The zero-order chi connectivity index (χ0) is 12.8. The molecule has 1 atom stereocenters. The van der Waals surface area contributed by atoms with Crippen molar-refractivity contribution in [3.8, 4) is 0 Å². The third-order valence-corrected chi connectivity index (χ3v) is 2.52. The summed E-state index contributed by atoms with van der Waals surface area (Å²) in [7, 11) is 0. The number of rotatable bonds is 7. The quantitative estimate of drug-likeness (QED) is 0.561. The summed E-state index contributed by atoms with van der Waals surface area (Å²) in [4.78, 5) is 21.9. The van der Waals surface area contributed by atoms with E-state index in [-0.39, 0.29) is 12.0 Å². The normalized spacial score (nSPS) is 13.2. The summed E-state index contributed by atoms with van der Waals surface area (Å²) in [5.74, 6) is -2.61. The van der Waals surface area contributed by atoms with Crippen LogP contribution in [0, 0.1) is 11.3 Å². The average molecular weight is 231 g/mol. The van der Waals surface area contributed by atoms with E-state index in [1.807, 2.05) is 13.8 Å². The lowest BCUT2D eigenvalue weighted by Gasteiger charge is -2.25. The van der Waals surface area contributed by atoms with E-state index in [2.05, 4.69) is 5.32 Å². The van der Waals surface area contributed by atoms with E-state index in [4.69, 9.17) is 10.2 Å². The number of carboxylic acids is 1. The number of carbonyl (C=O) groups is 2. The van der Waals surface area contributed by atoms with Gasteiger partial charge in [0.1, 0.15) is 5.92 Å². The summed E-state index contributed by atoms with van der Waals surface area (Å²) < 4.78 is 0. The number of aliphatic hydroxyl groups is 1. The maximum Gasteiger partial charge on any atom is 0.315 e. The van der Waals surface area contributed by atoms with Crippen molar-refractivity contribution in [2.45, 2.75) is 33.6 Å². The number of amides is 1. The van der Waals surface area contributed by atoms with Crippen molar-refractivity contribution < 1.29 is 19.8 Å². The summed E-state index contributed by atoms with van der Waals surface area (Å²) in [6.07, 6.45) is 1.46. The Kier molecular flexibility index (Phi) is 6.03. The third-order valence-electron chi connectivity index (χ3n) is 2.52. The van der Waals surface area contributed by atoms with Crippen molar-refractivity contribution in [2.75, 3.05) is 13.2 Å². The zero-order valence-electron chi connectivity index (χ0n) is 10.1. The van der Waals surface area contributed by atoms with Gasteiger partial charge in [-0.3, -0.25) is 9.59 Å². The Morgan fingerprint density at radius 3 is 2.38 bits per heavy atom. The molecule has 1 amide bonds. The SMILES string of the molecule is CC(C(=O)O)C(=O)NCC(C)(C)CCCO. The minimum absolute atomic E-state index is 0.128. The van der Waals surface area contributed by atoms with Gasteiger partial charge in [-0.05, 0) is 25.2 Å². The van der Waals surface area contributed by atoms with Crippen LogP contribution in [0.15, 0.2) is 0 Å². The Labute approximate surface area is 95.9 Å². The molecule has 0 aliphatic carbocycles. The van der Waals surface area contributed by atoms with Crippen LogP contribution in [0.2, 0.25) is 0 Å². The van der Waals surface area contributed by atoms with Crippen LogP contribution in [0.4, 0.5) is 0 Å². The van der Waals surface area contributed by atoms with Gasteiger partial charge in [-0.2, -0.15) is 0 Å². The molecular formula is C11H21NO4. The number of aliphatic carboxylic acids is 1. The first-order valence-electron chi connectivity index (χ1n) is 5.41. The van der Waals surface area contributed by atoms with Gasteiger partial charge in [-0.1, -0.05) is 13.8 Å². The highest BCUT2D eigenvalue weighted by atomic mass is 16.4. The van der Waals surface area contributed by atoms with E-state index < -0.39 is 17.8 Å². The van der Waals surface area contributed by atoms with Gasteiger partial charge >= 0.3 is 5.97 Å². The molecule has 0 aromatic heterocycles. The number of hydrogen-bond donors (Lipinski definition) is 3. The molecule has 16 heavy (non-hydrogen) atoms. The van der Waals surface area contributed by atoms with Crippen molar-refractivity contribution in [3.63, 3.8) is 0 Å². The number of nitrogens with one attached hydrogen (secondary N) is 1. The van der Waals surface area contributed by atoms with Crippen LogP contribution in [0.5, 0.6) is 0 Å². The van der Waals surface area contributed by atoms with Crippen molar-refractivity contribution in [1.82, 2.24) is 5.32 Å². The lowest BCUT2D eigenvalue weighted by molar-refractivity contribution is -0.146. The van der Waals surface area contributed by atoms with Gasteiger partial charge in [0.25, 0.3) is 0 Å². The van der Waals surface area contributed by atoms with E-state index in [1.54, 1.807) is 0 Å². The second-order valence-corrected chi connectivity index (χ2v) is 4.77. The number of carboxylic acid groups (broad SMARTS) is 1. The second kappa shape index (κ2) is 6.48. The fourth-order valence-corrected chi connectivity index (χ4v) is 1.24. The van der Waals surface area contributed by atoms with Gasteiger partial charge in [0.05, 0.1) is 0 Å². The Morgan fingerprint density at radius 2 is 1.94 bits per heavy atom. The number of hydrogen-bond acceptors (Lipinski definition) is 3. The van der Waals surface area contributed by atoms with E-state index in [0.29, 0.717) is 13.0 Å². The van der Waals surface area contributed by atoms with E-state index in [0.717, 1.165) is 6.42 Å². The van der Waals surface area contributed by atoms with Crippen LogP contribution in [-0.2, 0) is 9.59 Å². The molecule has 0 aromatic carbocycles. The van der Waals surface area contributed by atoms with Crippen molar-refractivity contribution in [1.29, 1.82) is 0 Å². The smallest absolute Gasteiger partial charge is 0.315 e. The van der Waals surface area contributed by atoms with Crippen LogP contribution in [0.1, 0.15) is 33.6 Å². The number of aliphatic hydroxyl groups excluding tert-OH is 1. The highest BCUT2D eigenvalue weighted by Gasteiger charge is 2.23. The monoisotopic (exact) mass is 231 g/mol. The highest BCUT2D eigenvalue weighted by molar-refractivity contribution is 5.96. The van der Waals surface area contributed by atoms with Crippen LogP contribution >= 0.6 is 0 Å². The summed E-state index contributed by atoms with van der Waals surface area (Å²) in [6, 6.07) is 0. The second-order valence-electron chi connectivity index (χ2n) is 4.77. The molecule has 0 aliphatic heterocycles. The van der Waals surface area contributed by atoms with Gasteiger partial charge in [0.15, 0.2) is 0 Å². The van der Waals surface area contributed by atoms with Crippen LogP contribution in [-0.4, -0.2) is 35.2 Å². The fraction of sp³-hybridized carbons (Fsp3) is 0.818. The lowest BCUT2D eigenvalue weighted by atomic mass is 9.88. The molecule has 5 nitrogen and oxygen atoms in total. The molecule has 3 N–H and O–H groups in total. The molecule has 94 valence electrons. The molecule has 0 bridgehead atoms. The van der Waals surface area contributed by atoms with Gasteiger partial charge in [0, 0.05) is 13.2 Å². The Morgan fingerprint density at radius 1 is 1.38 bits per heavy atom. The van der Waals surface area contributed by atoms with Crippen LogP contribution in [0.25, 0.3) is 0 Å². The first kappa shape index (κ1) is 14.9. The van der Waals surface area contributed by atoms with E-state index >= 15 is 0 Å². The summed E-state index contributed by atoms with van der Waals surface area (Å²) in [5.41, 5.74) is -0.128. The largest absolute Gasteiger partial charge is 0.481 e. The lowest BCUT2D eigenvalue weighted by Crippen LogP contribution is -2.39. The van der Waals surface area contributed by atoms with E-state index in [1.165, 1.54) is 6.92 Å². The van der Waals surface area contributed by atoms with Gasteiger partial charge < -0.3 is 15.5 Å². The molecule has 5 heteroatoms. The Balaban J connectivity index is 4.03. The minimum atomic E-state index is -1.12. The molecule has 0 spiro atoms. The molecule has 0 heterocycles. The molecule has 0 radical (unpaired) electrons. The van der Waals surface area contributed by atoms with Crippen molar-refractivity contribution in [2.24, 2.45) is 11.3 Å². The van der Waals surface area contributed by atoms with Crippen molar-refractivity contribution in [3.05, 3.63) is 0 Å². The first-order chi connectivity index (χ1) is 7.30. The van der Waals surface area contributed by atoms with Gasteiger partial charge in [-0.15, -0.1) is 0 Å². The number of carbonyl (C=O) groups excluding carboxylic acids is 1. The molecule has 1 unspecified atom stereocenters. The molecule has 0 fully saturated rings. The van der Waals surface area contributed by atoms with Gasteiger partial charge in [-0.25, -0.2) is 0 Å². The molecule has 0 aromatic rings. The van der Waals surface area contributed by atoms with Crippen LogP contribution < -0.4 is 5.32 Å². The van der Waals surface area contributed by atoms with Gasteiger partial charge in [0.2, 0.25) is 5.91 Å². The molecule has 0 rings (SSSR count). The minimum Gasteiger partial charge on any atom is -0.481 e. The first-order valence-corrected chi connectivity index (χ1v) is 5.41. The van der Waals surface area contributed by atoms with Crippen LogP contribution in [0.3, 0.4) is 0 Å². The fourth-order valence-electron chi connectivity index (χ4n) is 1.24. The predicted molar refractivity (Wildman–Crippen MR) is 59.9 cm³/mol. The standard InChI is InChI=1S/C11H21NO4/c1-8(10(15)16)9(14)12-7-11(2,3)5-4-6-13/h8,13H,4-7H2,1-3H3,(H,12,14)(H,15,16). The molecule has 0 saturated carbocycles. The molecule has 0 saturated heterocycles. The summed E-state index contributed by atoms with van der Waals surface area (Å²) in [6.45, 7) is 5.84. The zero-order valence-corrected chi connectivity index (χ0v) is 10.1. The maximum absolute atomic E-state index is 11.4. The highest BCUT2D eigenvalue weighted by Crippen LogP contribution is 2.20. The molecular weight excluding hydrogens is 210 g/mol. The van der Waals surface area contributed by atoms with Crippen molar-refractivity contribution >= 4 is 11.9 Å². The van der Waals surface area contributed by atoms with E-state index in [9.17, 15) is 9.59 Å². The predicted octanol–water partition coefficient (Wildman–Crippen LogP) is 0.622. The summed E-state index contributed by atoms with van der Waals surface area (Å²) in [5, 5.41) is 19.9. The molecule has 0 aliphatic rings. The Hall–Kier alpha value is -1.10.